The van der Waals surface area contributed by atoms with Crippen LogP contribution in [0.2, 0.25) is 0 Å². The van der Waals surface area contributed by atoms with Crippen LogP contribution in [0.25, 0.3) is 0 Å². The van der Waals surface area contributed by atoms with Gasteiger partial charge in [-0.05, 0) is 51.4 Å². The molecule has 0 unspecified atom stereocenters. The van der Waals surface area contributed by atoms with Gasteiger partial charge in [0.15, 0.2) is 0 Å². The number of carbonyl (C=O) groups excluding carboxylic acids is 1. The Balaban J connectivity index is 2.34. The number of aliphatic carboxylic acids is 1. The van der Waals surface area contributed by atoms with E-state index in [1.807, 2.05) is 27.7 Å². The second-order valence-electron chi connectivity index (χ2n) is 7.06. The Morgan fingerprint density at radius 3 is 2.13 bits per heavy atom. The number of carbonyl (C=O) groups is 2. The largest absolute Gasteiger partial charge is 0.481 e. The van der Waals surface area contributed by atoms with Crippen molar-refractivity contribution in [2.24, 2.45) is 23.7 Å². The number of hydrogen-bond acceptors (Lipinski definition) is 2. The molecule has 0 aromatic heterocycles. The summed E-state index contributed by atoms with van der Waals surface area (Å²) in [6.45, 7) is 7.93. The molecular weight excluding hydrogens is 290 g/mol. The fraction of sp³-hybridized carbons (Fsp3) is 0.684. The molecule has 2 saturated carbocycles. The lowest BCUT2D eigenvalue weighted by atomic mass is 9.78. The number of fused-ring (bicyclic) bond motifs is 2. The third-order valence-corrected chi connectivity index (χ3v) is 5.85. The van der Waals surface area contributed by atoms with Gasteiger partial charge in [-0.25, -0.2) is 0 Å². The maximum atomic E-state index is 12.9. The van der Waals surface area contributed by atoms with Gasteiger partial charge in [-0.3, -0.25) is 9.59 Å². The van der Waals surface area contributed by atoms with Crippen molar-refractivity contribution >= 4 is 11.9 Å². The Hall–Kier alpha value is -1.76. The molecule has 23 heavy (non-hydrogen) atoms. The highest BCUT2D eigenvalue weighted by Gasteiger charge is 2.57. The Kier molecular flexibility index (Phi) is 4.89. The molecule has 0 heterocycles. The van der Waals surface area contributed by atoms with Crippen LogP contribution in [0.15, 0.2) is 11.1 Å². The average molecular weight is 317 g/mol. The van der Waals surface area contributed by atoms with Gasteiger partial charge >= 0.3 is 5.97 Å². The first-order valence-corrected chi connectivity index (χ1v) is 8.51. The van der Waals surface area contributed by atoms with Crippen LogP contribution in [0.3, 0.4) is 0 Å². The lowest BCUT2D eigenvalue weighted by Crippen LogP contribution is -2.51. The molecule has 4 nitrogen and oxygen atoms in total. The molecule has 0 radical (unpaired) electrons. The fourth-order valence-corrected chi connectivity index (χ4v) is 4.59. The Morgan fingerprint density at radius 1 is 1.22 bits per heavy atom. The van der Waals surface area contributed by atoms with Crippen molar-refractivity contribution in [1.82, 2.24) is 5.32 Å². The van der Waals surface area contributed by atoms with Crippen LogP contribution in [0.5, 0.6) is 0 Å². The number of amides is 1. The summed E-state index contributed by atoms with van der Waals surface area (Å²) in [6.07, 6.45) is 8.67. The molecule has 2 aliphatic carbocycles. The van der Waals surface area contributed by atoms with Gasteiger partial charge in [0.05, 0.1) is 11.8 Å². The minimum Gasteiger partial charge on any atom is -0.481 e. The quantitative estimate of drug-likeness (QED) is 0.605. The predicted octanol–water partition coefficient (Wildman–Crippen LogP) is 2.99. The van der Waals surface area contributed by atoms with Crippen molar-refractivity contribution < 1.29 is 14.7 Å². The molecule has 1 amide bonds. The van der Waals surface area contributed by atoms with Crippen molar-refractivity contribution in [1.29, 1.82) is 0 Å². The second kappa shape index (κ2) is 6.39. The maximum Gasteiger partial charge on any atom is 0.307 e. The summed E-state index contributed by atoms with van der Waals surface area (Å²) in [7, 11) is 0. The molecule has 4 atom stereocenters. The topological polar surface area (TPSA) is 66.4 Å². The van der Waals surface area contributed by atoms with E-state index in [-0.39, 0.29) is 17.7 Å². The summed E-state index contributed by atoms with van der Waals surface area (Å²) in [5, 5.41) is 12.7. The maximum absolute atomic E-state index is 12.9. The molecule has 0 aromatic carbocycles. The Bertz CT molecular complexity index is 576. The second-order valence-corrected chi connectivity index (χ2v) is 7.06. The summed E-state index contributed by atoms with van der Waals surface area (Å²) in [5.41, 5.74) is 1.68. The van der Waals surface area contributed by atoms with E-state index < -0.39 is 23.3 Å². The standard InChI is InChI=1S/C19H27NO3/c1-6-19(7-2,8-3)20-17(21)15-12-9-10-13(14(12)11(4)5)16(15)18(22)23/h1,12-13,15-16H,7-10H2,2-5H3,(H,20,21)(H,22,23)/t12-,13+,15+,16-/m0/s1. The number of nitrogens with one attached hydrogen (secondary N) is 1. The van der Waals surface area contributed by atoms with Crippen molar-refractivity contribution in [2.75, 3.05) is 0 Å². The molecular formula is C19H27NO3. The minimum atomic E-state index is -0.865. The van der Waals surface area contributed by atoms with Crippen molar-refractivity contribution in [3.63, 3.8) is 0 Å². The van der Waals surface area contributed by atoms with Gasteiger partial charge in [0.1, 0.15) is 5.54 Å². The van der Waals surface area contributed by atoms with Gasteiger partial charge in [0.25, 0.3) is 0 Å². The summed E-state index contributed by atoms with van der Waals surface area (Å²) >= 11 is 0. The summed E-state index contributed by atoms with van der Waals surface area (Å²) < 4.78 is 0. The predicted molar refractivity (Wildman–Crippen MR) is 89.5 cm³/mol. The monoisotopic (exact) mass is 317 g/mol. The highest BCUT2D eigenvalue weighted by molar-refractivity contribution is 5.88. The smallest absolute Gasteiger partial charge is 0.307 e. The third kappa shape index (κ3) is 2.78. The average Bonchev–Trinajstić information content (AvgIpc) is 3.08. The molecule has 2 rings (SSSR count). The summed E-state index contributed by atoms with van der Waals surface area (Å²) in [6, 6.07) is 0. The lowest BCUT2D eigenvalue weighted by molar-refractivity contribution is -0.149. The van der Waals surface area contributed by atoms with E-state index in [9.17, 15) is 14.7 Å². The van der Waals surface area contributed by atoms with E-state index in [1.165, 1.54) is 5.57 Å². The van der Waals surface area contributed by atoms with E-state index in [2.05, 4.69) is 11.2 Å². The van der Waals surface area contributed by atoms with Crippen molar-refractivity contribution in [3.05, 3.63) is 11.1 Å². The normalized spacial score (nSPS) is 29.3. The third-order valence-electron chi connectivity index (χ3n) is 5.85. The molecule has 0 spiro atoms. The zero-order valence-electron chi connectivity index (χ0n) is 14.5. The fourth-order valence-electron chi connectivity index (χ4n) is 4.59. The molecule has 0 saturated heterocycles. The highest BCUT2D eigenvalue weighted by Crippen LogP contribution is 2.57. The lowest BCUT2D eigenvalue weighted by Gasteiger charge is -2.32. The molecule has 0 aromatic rings. The van der Waals surface area contributed by atoms with Crippen LogP contribution >= 0.6 is 0 Å². The number of rotatable bonds is 5. The molecule has 0 aliphatic heterocycles. The van der Waals surface area contributed by atoms with E-state index >= 15 is 0 Å². The van der Waals surface area contributed by atoms with Gasteiger partial charge in [-0.15, -0.1) is 6.42 Å². The molecule has 2 N–H and O–H groups in total. The molecule has 4 heteroatoms. The number of hydrogen-bond donors (Lipinski definition) is 2. The summed E-state index contributed by atoms with van der Waals surface area (Å²) in [4.78, 5) is 24.7. The van der Waals surface area contributed by atoms with Gasteiger partial charge < -0.3 is 10.4 Å². The van der Waals surface area contributed by atoms with Gasteiger partial charge in [0.2, 0.25) is 5.91 Å². The highest BCUT2D eigenvalue weighted by atomic mass is 16.4. The van der Waals surface area contributed by atoms with E-state index in [0.717, 1.165) is 18.4 Å². The SMILES string of the molecule is C#CC(CC)(CC)NC(=O)[C@H]1[C@@H](C(=O)O)[C@@H]2CC[C@H]1C2=C(C)C. The molecule has 2 fully saturated rings. The Labute approximate surface area is 138 Å². The van der Waals surface area contributed by atoms with Crippen molar-refractivity contribution in [2.45, 2.75) is 58.9 Å². The number of allylic oxidation sites excluding steroid dienone is 2. The number of carboxylic acid groups (broad SMARTS) is 1. The zero-order valence-corrected chi connectivity index (χ0v) is 14.5. The van der Waals surface area contributed by atoms with Crippen LogP contribution in [-0.4, -0.2) is 22.5 Å². The van der Waals surface area contributed by atoms with E-state index in [1.54, 1.807) is 0 Å². The van der Waals surface area contributed by atoms with Crippen LogP contribution in [-0.2, 0) is 9.59 Å². The summed E-state index contributed by atoms with van der Waals surface area (Å²) in [5.74, 6) is 0.577. The van der Waals surface area contributed by atoms with Gasteiger partial charge in [-0.1, -0.05) is 30.9 Å². The zero-order chi connectivity index (χ0) is 17.4. The Morgan fingerprint density at radius 2 is 1.74 bits per heavy atom. The first kappa shape index (κ1) is 17.6. The molecule has 126 valence electrons. The number of carboxylic acids is 1. The minimum absolute atomic E-state index is 0.00161. The van der Waals surface area contributed by atoms with Crippen molar-refractivity contribution in [3.8, 4) is 12.3 Å². The van der Waals surface area contributed by atoms with E-state index in [4.69, 9.17) is 6.42 Å². The first-order valence-electron chi connectivity index (χ1n) is 8.51. The van der Waals surface area contributed by atoms with Crippen LogP contribution in [0.4, 0.5) is 0 Å². The molecule has 2 aliphatic rings. The van der Waals surface area contributed by atoms with E-state index in [0.29, 0.717) is 12.8 Å². The first-order chi connectivity index (χ1) is 10.8. The van der Waals surface area contributed by atoms with Crippen LogP contribution in [0.1, 0.15) is 53.4 Å². The van der Waals surface area contributed by atoms with Gasteiger partial charge in [-0.2, -0.15) is 0 Å². The number of terminal acetylenes is 1. The van der Waals surface area contributed by atoms with Crippen LogP contribution in [0, 0.1) is 36.0 Å². The molecule has 2 bridgehead atoms. The van der Waals surface area contributed by atoms with Gasteiger partial charge in [0, 0.05) is 0 Å². The van der Waals surface area contributed by atoms with Crippen LogP contribution < -0.4 is 5.32 Å².